The molecule has 2 saturated carbocycles. The van der Waals surface area contributed by atoms with Crippen molar-refractivity contribution in [1.82, 2.24) is 10.2 Å². The van der Waals surface area contributed by atoms with Crippen LogP contribution in [-0.4, -0.2) is 35.0 Å². The van der Waals surface area contributed by atoms with E-state index in [1.807, 2.05) is 12.1 Å². The lowest BCUT2D eigenvalue weighted by molar-refractivity contribution is -0.124. The van der Waals surface area contributed by atoms with Gasteiger partial charge >= 0.3 is 0 Å². The Bertz CT molecular complexity index is 793. The van der Waals surface area contributed by atoms with Gasteiger partial charge in [0.05, 0.1) is 5.54 Å². The van der Waals surface area contributed by atoms with Gasteiger partial charge in [-0.05, 0) is 50.2 Å². The van der Waals surface area contributed by atoms with E-state index in [0.717, 1.165) is 44.3 Å². The first-order valence-electron chi connectivity index (χ1n) is 10.7. The number of nitrogen functional groups attached to an aromatic ring is 1. The van der Waals surface area contributed by atoms with Gasteiger partial charge in [0.25, 0.3) is 0 Å². The number of fused-ring (bicyclic) bond motifs is 1. The smallest absolute Gasteiger partial charge is 0.220 e. The fourth-order valence-electron chi connectivity index (χ4n) is 6.17. The van der Waals surface area contributed by atoms with Gasteiger partial charge in [-0.3, -0.25) is 9.69 Å². The minimum absolute atomic E-state index is 0.0596. The zero-order valence-corrected chi connectivity index (χ0v) is 16.3. The van der Waals surface area contributed by atoms with Crippen LogP contribution in [0.5, 0.6) is 0 Å². The quantitative estimate of drug-likeness (QED) is 0.617. The average Bonchev–Trinajstić information content (AvgIpc) is 3.58. The number of anilines is 1. The standard InChI is InChI=1S/C23H31N3O/c1-2-22(15-21(27)25-17-9-10-17)12-5-8-20-23(22)14-16(11-13-26(20)23)18-6-3-4-7-19(18)24/h3-4,6-7,14,17,20H,2,5,8-13,15,24H2,1H3,(H,25,27)/t20?,22-,23+,26?/m0/s1. The summed E-state index contributed by atoms with van der Waals surface area (Å²) >= 11 is 0. The Labute approximate surface area is 162 Å². The predicted octanol–water partition coefficient (Wildman–Crippen LogP) is 3.73. The van der Waals surface area contributed by atoms with E-state index in [9.17, 15) is 4.79 Å². The average molecular weight is 366 g/mol. The number of nitrogens with two attached hydrogens (primary N) is 1. The topological polar surface area (TPSA) is 58.1 Å². The van der Waals surface area contributed by atoms with Gasteiger partial charge in [-0.2, -0.15) is 0 Å². The van der Waals surface area contributed by atoms with Crippen LogP contribution in [0.3, 0.4) is 0 Å². The molecule has 5 rings (SSSR count). The first-order chi connectivity index (χ1) is 13.1. The lowest BCUT2D eigenvalue weighted by Crippen LogP contribution is -2.47. The van der Waals surface area contributed by atoms with E-state index in [2.05, 4.69) is 35.3 Å². The largest absolute Gasteiger partial charge is 0.398 e. The molecule has 1 aromatic carbocycles. The molecule has 4 aliphatic rings. The Balaban J connectivity index is 1.51. The molecule has 1 spiro atoms. The molecule has 4 heteroatoms. The zero-order valence-electron chi connectivity index (χ0n) is 16.3. The molecule has 3 fully saturated rings. The zero-order chi connectivity index (χ0) is 18.6. The molecule has 4 atom stereocenters. The second-order valence-corrected chi connectivity index (χ2v) is 9.09. The number of amides is 1. The lowest BCUT2D eigenvalue weighted by Gasteiger charge is -2.44. The summed E-state index contributed by atoms with van der Waals surface area (Å²) in [6.45, 7) is 3.38. The van der Waals surface area contributed by atoms with E-state index in [1.165, 1.54) is 24.0 Å². The molecule has 4 nitrogen and oxygen atoms in total. The van der Waals surface area contributed by atoms with Crippen LogP contribution < -0.4 is 11.1 Å². The van der Waals surface area contributed by atoms with Crippen molar-refractivity contribution in [2.45, 2.75) is 75.9 Å². The summed E-state index contributed by atoms with van der Waals surface area (Å²) in [7, 11) is 0. The number of para-hydroxylation sites is 1. The summed E-state index contributed by atoms with van der Waals surface area (Å²) in [5.74, 6) is 0.265. The molecule has 3 N–H and O–H groups in total. The van der Waals surface area contributed by atoms with Crippen LogP contribution in [-0.2, 0) is 4.79 Å². The van der Waals surface area contributed by atoms with Crippen molar-refractivity contribution >= 4 is 17.2 Å². The monoisotopic (exact) mass is 365 g/mol. The summed E-state index contributed by atoms with van der Waals surface area (Å²) in [6, 6.07) is 9.30. The van der Waals surface area contributed by atoms with E-state index in [4.69, 9.17) is 5.73 Å². The second kappa shape index (κ2) is 6.10. The Morgan fingerprint density at radius 2 is 2.11 bits per heavy atom. The minimum atomic E-state index is 0.0596. The van der Waals surface area contributed by atoms with Crippen molar-refractivity contribution in [3.63, 3.8) is 0 Å². The Morgan fingerprint density at radius 1 is 1.30 bits per heavy atom. The Morgan fingerprint density at radius 3 is 2.85 bits per heavy atom. The number of benzene rings is 1. The van der Waals surface area contributed by atoms with Crippen LogP contribution in [0.15, 0.2) is 30.3 Å². The molecule has 1 aromatic rings. The molecule has 0 aromatic heterocycles. The molecule has 2 aliphatic carbocycles. The third-order valence-electron chi connectivity index (χ3n) is 7.72. The number of nitrogens with zero attached hydrogens (tertiary/aromatic N) is 1. The maximum absolute atomic E-state index is 12.8. The number of hydrogen-bond acceptors (Lipinski definition) is 3. The van der Waals surface area contributed by atoms with Gasteiger partial charge < -0.3 is 11.1 Å². The summed E-state index contributed by atoms with van der Waals surface area (Å²) in [5.41, 5.74) is 9.87. The van der Waals surface area contributed by atoms with E-state index in [-0.39, 0.29) is 16.9 Å². The van der Waals surface area contributed by atoms with E-state index in [0.29, 0.717) is 18.5 Å². The van der Waals surface area contributed by atoms with Crippen molar-refractivity contribution in [3.8, 4) is 0 Å². The highest BCUT2D eigenvalue weighted by atomic mass is 16.1. The lowest BCUT2D eigenvalue weighted by atomic mass is 9.61. The molecular weight excluding hydrogens is 334 g/mol. The summed E-state index contributed by atoms with van der Waals surface area (Å²) in [5, 5.41) is 3.25. The number of carbonyl (C=O) groups excluding carboxylic acids is 1. The predicted molar refractivity (Wildman–Crippen MR) is 109 cm³/mol. The maximum atomic E-state index is 12.8. The number of nitrogens with one attached hydrogen (secondary N) is 1. The Hall–Kier alpha value is -1.81. The van der Waals surface area contributed by atoms with E-state index in [1.54, 1.807) is 0 Å². The van der Waals surface area contributed by atoms with Crippen LogP contribution in [0.4, 0.5) is 5.69 Å². The Kier molecular flexibility index (Phi) is 3.91. The van der Waals surface area contributed by atoms with Crippen molar-refractivity contribution in [1.29, 1.82) is 0 Å². The van der Waals surface area contributed by atoms with Gasteiger partial charge in [0.15, 0.2) is 0 Å². The van der Waals surface area contributed by atoms with Gasteiger partial charge in [0.1, 0.15) is 0 Å². The van der Waals surface area contributed by atoms with Crippen LogP contribution in [0.1, 0.15) is 63.9 Å². The van der Waals surface area contributed by atoms with E-state index >= 15 is 0 Å². The van der Waals surface area contributed by atoms with Gasteiger partial charge in [-0.15, -0.1) is 0 Å². The number of carbonyl (C=O) groups is 1. The molecule has 0 radical (unpaired) electrons. The molecule has 2 aliphatic heterocycles. The van der Waals surface area contributed by atoms with Gasteiger partial charge in [0, 0.05) is 41.7 Å². The van der Waals surface area contributed by atoms with Crippen molar-refractivity contribution in [3.05, 3.63) is 35.9 Å². The highest BCUT2D eigenvalue weighted by Gasteiger charge is 2.72. The van der Waals surface area contributed by atoms with E-state index < -0.39 is 0 Å². The third-order valence-corrected chi connectivity index (χ3v) is 7.72. The molecular formula is C23H31N3O. The van der Waals surface area contributed by atoms with Gasteiger partial charge in [-0.25, -0.2) is 0 Å². The minimum Gasteiger partial charge on any atom is -0.398 e. The van der Waals surface area contributed by atoms with Crippen LogP contribution in [0.25, 0.3) is 5.57 Å². The fourth-order valence-corrected chi connectivity index (χ4v) is 6.17. The summed E-state index contributed by atoms with van der Waals surface area (Å²) < 4.78 is 0. The first-order valence-corrected chi connectivity index (χ1v) is 10.7. The van der Waals surface area contributed by atoms with Crippen LogP contribution in [0.2, 0.25) is 0 Å². The van der Waals surface area contributed by atoms with Crippen molar-refractivity contribution in [2.75, 3.05) is 12.3 Å². The van der Waals surface area contributed by atoms with Gasteiger partial charge in [0.2, 0.25) is 5.91 Å². The fraction of sp³-hybridized carbons (Fsp3) is 0.609. The van der Waals surface area contributed by atoms with Gasteiger partial charge in [-0.1, -0.05) is 37.6 Å². The molecule has 2 heterocycles. The number of rotatable bonds is 5. The molecule has 1 saturated heterocycles. The normalized spacial score (nSPS) is 37.0. The second-order valence-electron chi connectivity index (χ2n) is 9.09. The first kappa shape index (κ1) is 17.3. The molecule has 1 amide bonds. The molecule has 144 valence electrons. The van der Waals surface area contributed by atoms with Crippen LogP contribution in [0, 0.1) is 5.41 Å². The summed E-state index contributed by atoms with van der Waals surface area (Å²) in [4.78, 5) is 15.5. The molecule has 0 bridgehead atoms. The van der Waals surface area contributed by atoms with Crippen molar-refractivity contribution in [2.24, 2.45) is 5.41 Å². The maximum Gasteiger partial charge on any atom is 0.220 e. The van der Waals surface area contributed by atoms with Crippen molar-refractivity contribution < 1.29 is 4.79 Å². The highest BCUT2D eigenvalue weighted by Crippen LogP contribution is 2.66. The van der Waals surface area contributed by atoms with Crippen LogP contribution >= 0.6 is 0 Å². The SMILES string of the molecule is CC[C@@]1(CC(=O)NC2CC2)CCCC2N3CCC(c4ccccc4N)=C[C@]231. The number of hydrogen-bond donors (Lipinski definition) is 2. The summed E-state index contributed by atoms with van der Waals surface area (Å²) in [6.07, 6.45) is 11.3. The third kappa shape index (κ3) is 2.56. The molecule has 2 unspecified atom stereocenters. The molecule has 27 heavy (non-hydrogen) atoms. The highest BCUT2D eigenvalue weighted by molar-refractivity contribution is 5.80.